The zero-order valence-electron chi connectivity index (χ0n) is 10.4. The third-order valence-corrected chi connectivity index (χ3v) is 2.67. The molecule has 0 atom stereocenters. The molecule has 0 saturated heterocycles. The molecule has 0 fully saturated rings. The molecule has 110 valence electrons. The number of hydrogen-bond acceptors (Lipinski definition) is 4. The molecule has 2 N–H and O–H groups in total. The zero-order valence-corrected chi connectivity index (χ0v) is 10.4. The molecule has 2 aromatic rings. The van der Waals surface area contributed by atoms with Crippen molar-refractivity contribution in [3.63, 3.8) is 0 Å². The van der Waals surface area contributed by atoms with Crippen LogP contribution < -0.4 is 5.32 Å². The molecule has 0 radical (unpaired) electrons. The number of phenolic OH excluding ortho intramolecular Hbond substituents is 1. The van der Waals surface area contributed by atoms with Crippen LogP contribution in [-0.2, 0) is 6.54 Å². The number of benzene rings is 2. The number of nitro groups is 1. The van der Waals surface area contributed by atoms with Gasteiger partial charge >= 0.3 is 0 Å². The van der Waals surface area contributed by atoms with Crippen molar-refractivity contribution >= 4 is 11.4 Å². The van der Waals surface area contributed by atoms with Crippen molar-refractivity contribution in [3.8, 4) is 5.75 Å². The zero-order chi connectivity index (χ0) is 15.6. The second-order valence-electron chi connectivity index (χ2n) is 4.22. The van der Waals surface area contributed by atoms with Crippen molar-refractivity contribution in [2.75, 3.05) is 5.32 Å². The van der Waals surface area contributed by atoms with Crippen molar-refractivity contribution in [1.82, 2.24) is 0 Å². The van der Waals surface area contributed by atoms with Gasteiger partial charge in [-0.2, -0.15) is 0 Å². The molecule has 0 aliphatic carbocycles. The first-order chi connectivity index (χ1) is 9.86. The topological polar surface area (TPSA) is 75.4 Å². The Morgan fingerprint density at radius 3 is 2.29 bits per heavy atom. The van der Waals surface area contributed by atoms with Gasteiger partial charge in [-0.3, -0.25) is 10.1 Å². The highest BCUT2D eigenvalue weighted by atomic mass is 19.1. The molecule has 0 bridgehead atoms. The van der Waals surface area contributed by atoms with E-state index in [2.05, 4.69) is 5.32 Å². The number of anilines is 1. The van der Waals surface area contributed by atoms with Crippen LogP contribution in [0.15, 0.2) is 30.3 Å². The first-order valence-corrected chi connectivity index (χ1v) is 5.72. The molecule has 21 heavy (non-hydrogen) atoms. The minimum absolute atomic E-state index is 0.0931. The summed E-state index contributed by atoms with van der Waals surface area (Å²) in [5.74, 6) is -4.15. The number of phenols is 1. The maximum absolute atomic E-state index is 13.2. The lowest BCUT2D eigenvalue weighted by molar-refractivity contribution is -0.385. The van der Waals surface area contributed by atoms with E-state index in [4.69, 9.17) is 5.11 Å². The Kier molecular flexibility index (Phi) is 3.97. The Bertz CT molecular complexity index is 684. The molecule has 0 heterocycles. The second-order valence-corrected chi connectivity index (χ2v) is 4.22. The Balaban J connectivity index is 2.18. The van der Waals surface area contributed by atoms with E-state index >= 15 is 0 Å². The van der Waals surface area contributed by atoms with Crippen LogP contribution in [0, 0.1) is 27.6 Å². The summed E-state index contributed by atoms with van der Waals surface area (Å²) in [4.78, 5) is 9.83. The van der Waals surface area contributed by atoms with Gasteiger partial charge in [-0.15, -0.1) is 0 Å². The van der Waals surface area contributed by atoms with Gasteiger partial charge in [0.1, 0.15) is 5.82 Å². The number of rotatable bonds is 4. The highest BCUT2D eigenvalue weighted by molar-refractivity contribution is 5.52. The van der Waals surface area contributed by atoms with Crippen molar-refractivity contribution in [2.45, 2.75) is 6.54 Å². The number of non-ortho nitro benzene ring substituents is 1. The third-order valence-electron chi connectivity index (χ3n) is 2.67. The lowest BCUT2D eigenvalue weighted by Crippen LogP contribution is -2.02. The Labute approximate surface area is 116 Å². The number of nitrogens with one attached hydrogen (secondary N) is 1. The summed E-state index contributed by atoms with van der Waals surface area (Å²) in [5.41, 5.74) is -0.203. The van der Waals surface area contributed by atoms with Gasteiger partial charge in [0.25, 0.3) is 5.69 Å². The van der Waals surface area contributed by atoms with E-state index in [-0.39, 0.29) is 17.8 Å². The van der Waals surface area contributed by atoms with Gasteiger partial charge in [-0.25, -0.2) is 13.2 Å². The van der Waals surface area contributed by atoms with Gasteiger partial charge in [0.15, 0.2) is 17.4 Å². The molecule has 2 aromatic carbocycles. The second kappa shape index (κ2) is 5.70. The van der Waals surface area contributed by atoms with Gasteiger partial charge in [-0.05, 0) is 23.8 Å². The van der Waals surface area contributed by atoms with Crippen molar-refractivity contribution in [2.24, 2.45) is 0 Å². The molecule has 0 saturated carbocycles. The van der Waals surface area contributed by atoms with Gasteiger partial charge in [-0.1, -0.05) is 0 Å². The summed E-state index contributed by atoms with van der Waals surface area (Å²) < 4.78 is 39.5. The monoisotopic (exact) mass is 298 g/mol. The predicted molar refractivity (Wildman–Crippen MR) is 68.4 cm³/mol. The molecule has 2 rings (SSSR count). The van der Waals surface area contributed by atoms with Gasteiger partial charge < -0.3 is 10.4 Å². The van der Waals surface area contributed by atoms with E-state index in [1.165, 1.54) is 0 Å². The van der Waals surface area contributed by atoms with Crippen LogP contribution in [-0.4, -0.2) is 10.0 Å². The van der Waals surface area contributed by atoms with E-state index in [0.29, 0.717) is 0 Å². The number of nitrogens with zero attached hydrogens (tertiary/aromatic N) is 1. The van der Waals surface area contributed by atoms with E-state index in [0.717, 1.165) is 30.3 Å². The first-order valence-electron chi connectivity index (χ1n) is 5.72. The highest BCUT2D eigenvalue weighted by Gasteiger charge is 2.11. The van der Waals surface area contributed by atoms with Crippen LogP contribution in [0.1, 0.15) is 5.56 Å². The van der Waals surface area contributed by atoms with Crippen LogP contribution >= 0.6 is 0 Å². The summed E-state index contributed by atoms with van der Waals surface area (Å²) in [6.07, 6.45) is 0. The maximum atomic E-state index is 13.2. The number of nitro benzene ring substituents is 1. The fourth-order valence-corrected chi connectivity index (χ4v) is 1.71. The van der Waals surface area contributed by atoms with Gasteiger partial charge in [0.2, 0.25) is 0 Å². The summed E-state index contributed by atoms with van der Waals surface area (Å²) in [6, 6.07) is 4.67. The van der Waals surface area contributed by atoms with E-state index in [1.807, 2.05) is 0 Å². The third kappa shape index (κ3) is 3.41. The normalized spacial score (nSPS) is 10.4. The molecule has 0 aliphatic rings. The summed E-state index contributed by atoms with van der Waals surface area (Å²) in [7, 11) is 0. The SMILES string of the molecule is O=[N+]([O-])c1cc(F)cc(NCc2cc(F)c(O)c(F)c2)c1. The van der Waals surface area contributed by atoms with Crippen LogP contribution in [0.2, 0.25) is 0 Å². The Morgan fingerprint density at radius 2 is 1.71 bits per heavy atom. The average Bonchev–Trinajstić information content (AvgIpc) is 2.41. The minimum atomic E-state index is -1.13. The van der Waals surface area contributed by atoms with Crippen molar-refractivity contribution in [3.05, 3.63) is 63.5 Å². The molecule has 8 heteroatoms. The van der Waals surface area contributed by atoms with Crippen LogP contribution in [0.25, 0.3) is 0 Å². The summed E-state index contributed by atoms with van der Waals surface area (Å²) in [6.45, 7) is -0.102. The average molecular weight is 298 g/mol. The minimum Gasteiger partial charge on any atom is -0.503 e. The molecule has 5 nitrogen and oxygen atoms in total. The predicted octanol–water partition coefficient (Wildman–Crippen LogP) is 3.33. The van der Waals surface area contributed by atoms with Gasteiger partial charge in [0.05, 0.1) is 11.0 Å². The molecule has 0 aromatic heterocycles. The highest BCUT2D eigenvalue weighted by Crippen LogP contribution is 2.23. The smallest absolute Gasteiger partial charge is 0.274 e. The van der Waals surface area contributed by atoms with E-state index < -0.39 is 33.8 Å². The number of hydrogen-bond donors (Lipinski definition) is 2. The molecule has 0 amide bonds. The fourth-order valence-electron chi connectivity index (χ4n) is 1.71. The Hall–Kier alpha value is -2.77. The van der Waals surface area contributed by atoms with Crippen LogP contribution in [0.4, 0.5) is 24.5 Å². The standard InChI is InChI=1S/C13H9F3N2O3/c14-8-3-9(5-10(4-8)18(20)21)17-6-7-1-11(15)13(19)12(16)2-7/h1-5,17,19H,6H2. The first kappa shape index (κ1) is 14.6. The molecule has 0 spiro atoms. The fraction of sp³-hybridized carbons (Fsp3) is 0.0769. The number of aromatic hydroxyl groups is 1. The Morgan fingerprint density at radius 1 is 1.10 bits per heavy atom. The van der Waals surface area contributed by atoms with E-state index in [1.54, 1.807) is 0 Å². The molecular formula is C13H9F3N2O3. The largest absolute Gasteiger partial charge is 0.503 e. The summed E-state index contributed by atoms with van der Waals surface area (Å²) >= 11 is 0. The van der Waals surface area contributed by atoms with E-state index in [9.17, 15) is 23.3 Å². The molecule has 0 aliphatic heterocycles. The van der Waals surface area contributed by atoms with Crippen molar-refractivity contribution in [1.29, 1.82) is 0 Å². The lowest BCUT2D eigenvalue weighted by atomic mass is 10.2. The van der Waals surface area contributed by atoms with Crippen molar-refractivity contribution < 1.29 is 23.2 Å². The van der Waals surface area contributed by atoms with Crippen LogP contribution in [0.3, 0.4) is 0 Å². The summed E-state index contributed by atoms with van der Waals surface area (Å²) in [5, 5.41) is 22.2. The quantitative estimate of drug-likeness (QED) is 0.670. The van der Waals surface area contributed by atoms with Crippen LogP contribution in [0.5, 0.6) is 5.75 Å². The maximum Gasteiger partial charge on any atom is 0.274 e. The number of halogens is 3. The van der Waals surface area contributed by atoms with Gasteiger partial charge in [0, 0.05) is 18.3 Å². The molecule has 0 unspecified atom stereocenters. The lowest BCUT2D eigenvalue weighted by Gasteiger charge is -2.08. The molecular weight excluding hydrogens is 289 g/mol.